The molecule has 0 saturated heterocycles. The van der Waals surface area contributed by atoms with Gasteiger partial charge in [0.2, 0.25) is 0 Å². The highest BCUT2D eigenvalue weighted by Gasteiger charge is 2.09. The van der Waals surface area contributed by atoms with Crippen LogP contribution in [0.4, 0.5) is 0 Å². The standard InChI is InChI=1S/C18H16O2/c19-17-7-3-4-13(10-17)11-18(20)16-9-8-14-5-1-2-6-15(14)12-16/h1-10,12,18-20H,11H2. The molecule has 0 saturated carbocycles. The van der Waals surface area contributed by atoms with Crippen molar-refractivity contribution in [2.45, 2.75) is 12.5 Å². The third kappa shape index (κ3) is 2.65. The summed E-state index contributed by atoms with van der Waals surface area (Å²) in [6, 6.07) is 21.1. The van der Waals surface area contributed by atoms with Gasteiger partial charge in [-0.2, -0.15) is 0 Å². The Morgan fingerprint density at radius 1 is 0.800 bits per heavy atom. The van der Waals surface area contributed by atoms with Gasteiger partial charge in [0.05, 0.1) is 6.10 Å². The van der Waals surface area contributed by atoms with E-state index in [9.17, 15) is 10.2 Å². The van der Waals surface area contributed by atoms with Crippen LogP contribution in [0, 0.1) is 0 Å². The van der Waals surface area contributed by atoms with Gasteiger partial charge in [-0.25, -0.2) is 0 Å². The zero-order valence-corrected chi connectivity index (χ0v) is 11.0. The predicted molar refractivity (Wildman–Crippen MR) is 80.7 cm³/mol. The quantitative estimate of drug-likeness (QED) is 0.755. The van der Waals surface area contributed by atoms with Crippen molar-refractivity contribution < 1.29 is 10.2 Å². The number of aliphatic hydroxyl groups is 1. The molecule has 0 aliphatic carbocycles. The second-order valence-electron chi connectivity index (χ2n) is 5.00. The van der Waals surface area contributed by atoms with E-state index in [0.29, 0.717) is 6.42 Å². The molecule has 3 aromatic carbocycles. The van der Waals surface area contributed by atoms with Crippen LogP contribution in [0.5, 0.6) is 5.75 Å². The van der Waals surface area contributed by atoms with Crippen molar-refractivity contribution in [3.8, 4) is 5.75 Å². The average Bonchev–Trinajstić information content (AvgIpc) is 2.47. The summed E-state index contributed by atoms with van der Waals surface area (Å²) in [4.78, 5) is 0. The Morgan fingerprint density at radius 3 is 2.40 bits per heavy atom. The molecule has 100 valence electrons. The van der Waals surface area contributed by atoms with Crippen molar-refractivity contribution in [2.24, 2.45) is 0 Å². The van der Waals surface area contributed by atoms with E-state index in [1.165, 1.54) is 5.39 Å². The molecule has 0 aliphatic heterocycles. The molecular weight excluding hydrogens is 248 g/mol. The zero-order chi connectivity index (χ0) is 13.9. The fourth-order valence-electron chi connectivity index (χ4n) is 2.44. The fourth-order valence-corrected chi connectivity index (χ4v) is 2.44. The third-order valence-corrected chi connectivity index (χ3v) is 3.50. The van der Waals surface area contributed by atoms with Gasteiger partial charge >= 0.3 is 0 Å². The Morgan fingerprint density at radius 2 is 1.60 bits per heavy atom. The van der Waals surface area contributed by atoms with Crippen LogP contribution in [0.15, 0.2) is 66.7 Å². The first-order chi connectivity index (χ1) is 9.72. The highest BCUT2D eigenvalue weighted by molar-refractivity contribution is 5.83. The van der Waals surface area contributed by atoms with Crippen LogP contribution in [0.25, 0.3) is 10.8 Å². The number of aromatic hydroxyl groups is 1. The summed E-state index contributed by atoms with van der Waals surface area (Å²) in [6.45, 7) is 0. The number of aliphatic hydroxyl groups excluding tert-OH is 1. The molecule has 3 rings (SSSR count). The second kappa shape index (κ2) is 5.35. The van der Waals surface area contributed by atoms with E-state index in [1.807, 2.05) is 42.5 Å². The molecular formula is C18H16O2. The maximum absolute atomic E-state index is 10.3. The van der Waals surface area contributed by atoms with Crippen molar-refractivity contribution in [3.05, 3.63) is 77.9 Å². The van der Waals surface area contributed by atoms with E-state index in [4.69, 9.17) is 0 Å². The predicted octanol–water partition coefficient (Wildman–Crippen LogP) is 3.82. The molecule has 0 aliphatic rings. The summed E-state index contributed by atoms with van der Waals surface area (Å²) in [5.41, 5.74) is 1.82. The number of benzene rings is 3. The normalized spacial score (nSPS) is 12.4. The molecule has 0 amide bonds. The fraction of sp³-hybridized carbons (Fsp3) is 0.111. The molecule has 0 aromatic heterocycles. The minimum absolute atomic E-state index is 0.230. The largest absolute Gasteiger partial charge is 0.508 e. The van der Waals surface area contributed by atoms with Gasteiger partial charge in [-0.05, 0) is 40.1 Å². The van der Waals surface area contributed by atoms with Crippen LogP contribution in [0.3, 0.4) is 0 Å². The number of rotatable bonds is 3. The highest BCUT2D eigenvalue weighted by atomic mass is 16.3. The lowest BCUT2D eigenvalue weighted by atomic mass is 9.98. The molecule has 20 heavy (non-hydrogen) atoms. The van der Waals surface area contributed by atoms with Crippen LogP contribution in [-0.2, 0) is 6.42 Å². The maximum Gasteiger partial charge on any atom is 0.115 e. The smallest absolute Gasteiger partial charge is 0.115 e. The minimum Gasteiger partial charge on any atom is -0.508 e. The summed E-state index contributed by atoms with van der Waals surface area (Å²) in [6.07, 6.45) is -0.0753. The van der Waals surface area contributed by atoms with Gasteiger partial charge in [0, 0.05) is 6.42 Å². The zero-order valence-electron chi connectivity index (χ0n) is 11.0. The highest BCUT2D eigenvalue weighted by Crippen LogP contribution is 2.24. The van der Waals surface area contributed by atoms with Crippen LogP contribution < -0.4 is 0 Å². The molecule has 2 N–H and O–H groups in total. The molecule has 3 aromatic rings. The summed E-state index contributed by atoms with van der Waals surface area (Å²) >= 11 is 0. The lowest BCUT2D eigenvalue weighted by molar-refractivity contribution is 0.178. The second-order valence-corrected chi connectivity index (χ2v) is 5.00. The lowest BCUT2D eigenvalue weighted by Gasteiger charge is -2.12. The maximum atomic E-state index is 10.3. The van der Waals surface area contributed by atoms with E-state index in [2.05, 4.69) is 6.07 Å². The first-order valence-electron chi connectivity index (χ1n) is 6.67. The molecule has 0 fully saturated rings. The summed E-state index contributed by atoms with van der Waals surface area (Å²) < 4.78 is 0. The van der Waals surface area contributed by atoms with Gasteiger partial charge in [-0.3, -0.25) is 0 Å². The van der Waals surface area contributed by atoms with Gasteiger partial charge in [0.15, 0.2) is 0 Å². The first-order valence-corrected chi connectivity index (χ1v) is 6.67. The molecule has 0 radical (unpaired) electrons. The number of hydrogen-bond donors (Lipinski definition) is 2. The number of phenols is 1. The minimum atomic E-state index is -0.568. The van der Waals surface area contributed by atoms with Gasteiger partial charge in [0.25, 0.3) is 0 Å². The van der Waals surface area contributed by atoms with E-state index in [-0.39, 0.29) is 5.75 Å². The number of hydrogen-bond acceptors (Lipinski definition) is 2. The monoisotopic (exact) mass is 264 g/mol. The lowest BCUT2D eigenvalue weighted by Crippen LogP contribution is -2.01. The van der Waals surface area contributed by atoms with Gasteiger partial charge in [0.1, 0.15) is 5.75 Å². The summed E-state index contributed by atoms with van der Waals surface area (Å²) in [5, 5.41) is 22.1. The van der Waals surface area contributed by atoms with Crippen LogP contribution >= 0.6 is 0 Å². The SMILES string of the molecule is Oc1cccc(CC(O)c2ccc3ccccc3c2)c1. The van der Waals surface area contributed by atoms with E-state index >= 15 is 0 Å². The van der Waals surface area contributed by atoms with Gasteiger partial charge in [-0.1, -0.05) is 48.5 Å². The van der Waals surface area contributed by atoms with Crippen molar-refractivity contribution in [3.63, 3.8) is 0 Å². The van der Waals surface area contributed by atoms with Crippen molar-refractivity contribution in [1.29, 1.82) is 0 Å². The molecule has 0 heterocycles. The van der Waals surface area contributed by atoms with E-state index < -0.39 is 6.10 Å². The summed E-state index contributed by atoms with van der Waals surface area (Å²) in [5.74, 6) is 0.230. The van der Waals surface area contributed by atoms with Crippen molar-refractivity contribution in [2.75, 3.05) is 0 Å². The molecule has 1 unspecified atom stereocenters. The Labute approximate surface area is 117 Å². The molecule has 2 heteroatoms. The van der Waals surface area contributed by atoms with Gasteiger partial charge in [-0.15, -0.1) is 0 Å². The van der Waals surface area contributed by atoms with Crippen LogP contribution in [0.1, 0.15) is 17.2 Å². The molecule has 0 bridgehead atoms. The summed E-state index contributed by atoms with van der Waals surface area (Å²) in [7, 11) is 0. The Balaban J connectivity index is 1.86. The van der Waals surface area contributed by atoms with Crippen LogP contribution in [-0.4, -0.2) is 10.2 Å². The Hall–Kier alpha value is -2.32. The van der Waals surface area contributed by atoms with Crippen LogP contribution in [0.2, 0.25) is 0 Å². The first kappa shape index (κ1) is 12.7. The van der Waals surface area contributed by atoms with E-state index in [1.54, 1.807) is 18.2 Å². The average molecular weight is 264 g/mol. The topological polar surface area (TPSA) is 40.5 Å². The van der Waals surface area contributed by atoms with E-state index in [0.717, 1.165) is 16.5 Å². The number of phenolic OH excluding ortho intramolecular Hbond substituents is 1. The Kier molecular flexibility index (Phi) is 3.40. The number of fused-ring (bicyclic) bond motifs is 1. The third-order valence-electron chi connectivity index (χ3n) is 3.50. The Bertz CT molecular complexity index is 734. The van der Waals surface area contributed by atoms with Crippen molar-refractivity contribution in [1.82, 2.24) is 0 Å². The van der Waals surface area contributed by atoms with Gasteiger partial charge < -0.3 is 10.2 Å². The molecule has 2 nitrogen and oxygen atoms in total. The molecule has 1 atom stereocenters. The molecule has 0 spiro atoms. The van der Waals surface area contributed by atoms with Crippen molar-refractivity contribution >= 4 is 10.8 Å².